The summed E-state index contributed by atoms with van der Waals surface area (Å²) in [5, 5.41) is 5.76. The van der Waals surface area contributed by atoms with Crippen LogP contribution < -0.4 is 15.4 Å². The summed E-state index contributed by atoms with van der Waals surface area (Å²) >= 11 is 0. The number of hydrogen-bond acceptors (Lipinski definition) is 4. The summed E-state index contributed by atoms with van der Waals surface area (Å²) in [5.74, 6) is 0.526. The minimum Gasteiger partial charge on any atom is -0.405 e. The molecule has 224 valence electrons. The lowest BCUT2D eigenvalue weighted by Crippen LogP contribution is -2.48. The number of amides is 1. The number of ether oxygens (including phenoxy) is 1. The maximum atomic E-state index is 13.2. The third kappa shape index (κ3) is 8.35. The van der Waals surface area contributed by atoms with E-state index in [4.69, 9.17) is 4.99 Å². The highest BCUT2D eigenvalue weighted by Gasteiger charge is 2.34. The quantitative estimate of drug-likeness (QED) is 0.199. The van der Waals surface area contributed by atoms with Crippen molar-refractivity contribution in [1.82, 2.24) is 15.5 Å². The maximum absolute atomic E-state index is 13.2. The molecule has 0 saturated carbocycles. The zero-order chi connectivity index (χ0) is 30.5. The molecule has 6 nitrogen and oxygen atoms in total. The molecule has 1 fully saturated rings. The highest BCUT2D eigenvalue weighted by Crippen LogP contribution is 2.31. The zero-order valence-electron chi connectivity index (χ0n) is 25.3. The fraction of sp³-hybridized carbons (Fsp3) is 0.500. The normalized spacial score (nSPS) is 19.4. The first-order valence-corrected chi connectivity index (χ1v) is 14.1. The molecule has 0 aromatic heterocycles. The van der Waals surface area contributed by atoms with Gasteiger partial charge in [0.2, 0.25) is 5.91 Å². The monoisotopic (exact) mass is 572 g/mol. The lowest BCUT2D eigenvalue weighted by Gasteiger charge is -2.38. The van der Waals surface area contributed by atoms with E-state index < -0.39 is 12.5 Å². The average Bonchev–Trinajstić information content (AvgIpc) is 2.89. The standard InChI is InChI=1S/C32H43F3N4O2/c1-19(2)26-15-20(3)29(21(4)16-26)22(5)18-37-24(7)39-14-13-25(17-23(39)6)31(40)38-30(36-8)27-11-9-10-12-28(27)41-32(33,34)35/h9-12,15-16,18-19,23,25,30,36H,13-14,17H2,1-8H3,(H,38,40)/b22-18+,37-24?/t23-,25-,30?/m0/s1. The van der Waals surface area contributed by atoms with E-state index in [0.29, 0.717) is 25.3 Å². The number of nitrogens with zero attached hydrogens (tertiary/aromatic N) is 2. The number of para-hydroxylation sites is 1. The van der Waals surface area contributed by atoms with Crippen LogP contribution in [0.1, 0.15) is 87.4 Å². The summed E-state index contributed by atoms with van der Waals surface area (Å²) in [5.41, 5.74) is 6.34. The molecule has 3 atom stereocenters. The van der Waals surface area contributed by atoms with E-state index in [0.717, 1.165) is 11.4 Å². The van der Waals surface area contributed by atoms with E-state index in [1.807, 2.05) is 13.1 Å². The van der Waals surface area contributed by atoms with Crippen LogP contribution in [0.4, 0.5) is 13.2 Å². The van der Waals surface area contributed by atoms with Crippen LogP contribution in [0.2, 0.25) is 0 Å². The number of rotatable bonds is 8. The smallest absolute Gasteiger partial charge is 0.405 e. The van der Waals surface area contributed by atoms with Gasteiger partial charge in [0.05, 0.1) is 0 Å². The van der Waals surface area contributed by atoms with E-state index in [1.165, 1.54) is 40.5 Å². The Labute approximate surface area is 242 Å². The second-order valence-electron chi connectivity index (χ2n) is 11.3. The molecule has 3 rings (SSSR count). The molecular weight excluding hydrogens is 529 g/mol. The number of piperidine rings is 1. The number of allylic oxidation sites excluding steroid dienone is 1. The molecule has 9 heteroatoms. The second-order valence-corrected chi connectivity index (χ2v) is 11.3. The van der Waals surface area contributed by atoms with Gasteiger partial charge in [-0.25, -0.2) is 4.99 Å². The molecule has 2 N–H and O–H groups in total. The van der Waals surface area contributed by atoms with E-state index in [9.17, 15) is 18.0 Å². The van der Waals surface area contributed by atoms with E-state index >= 15 is 0 Å². The Morgan fingerprint density at radius 2 is 1.78 bits per heavy atom. The van der Waals surface area contributed by atoms with Gasteiger partial charge in [0.1, 0.15) is 17.8 Å². The molecule has 0 aliphatic carbocycles. The van der Waals surface area contributed by atoms with Crippen molar-refractivity contribution in [3.63, 3.8) is 0 Å². The molecule has 0 bridgehead atoms. The summed E-state index contributed by atoms with van der Waals surface area (Å²) in [4.78, 5) is 20.2. The van der Waals surface area contributed by atoms with Crippen LogP contribution in [-0.2, 0) is 4.79 Å². The molecule has 2 aromatic rings. The summed E-state index contributed by atoms with van der Waals surface area (Å²) in [6.45, 7) is 15.5. The number of carbonyl (C=O) groups is 1. The van der Waals surface area contributed by atoms with Crippen LogP contribution in [0.25, 0.3) is 5.57 Å². The molecule has 41 heavy (non-hydrogen) atoms. The Bertz CT molecular complexity index is 1260. The molecule has 1 aliphatic heterocycles. The second kappa shape index (κ2) is 13.6. The van der Waals surface area contributed by atoms with Crippen molar-refractivity contribution in [2.45, 2.75) is 85.8 Å². The van der Waals surface area contributed by atoms with Crippen molar-refractivity contribution in [3.8, 4) is 5.75 Å². The highest BCUT2D eigenvalue weighted by atomic mass is 19.4. The Balaban J connectivity index is 1.67. The number of aliphatic imine (C=N–C) groups is 1. The van der Waals surface area contributed by atoms with Crippen molar-refractivity contribution in [2.75, 3.05) is 13.6 Å². The van der Waals surface area contributed by atoms with Gasteiger partial charge in [-0.15, -0.1) is 13.2 Å². The van der Waals surface area contributed by atoms with Gasteiger partial charge in [0, 0.05) is 30.3 Å². The Kier molecular flexibility index (Phi) is 10.6. The Morgan fingerprint density at radius 1 is 1.15 bits per heavy atom. The van der Waals surface area contributed by atoms with Crippen LogP contribution in [0.5, 0.6) is 5.75 Å². The molecular formula is C32H43F3N4O2. The largest absolute Gasteiger partial charge is 0.573 e. The van der Waals surface area contributed by atoms with E-state index in [-0.39, 0.29) is 29.2 Å². The molecule has 1 unspecified atom stereocenters. The van der Waals surface area contributed by atoms with Gasteiger partial charge < -0.3 is 15.0 Å². The van der Waals surface area contributed by atoms with Gasteiger partial charge in [0.25, 0.3) is 0 Å². The molecule has 0 radical (unpaired) electrons. The van der Waals surface area contributed by atoms with Gasteiger partial charge >= 0.3 is 6.36 Å². The van der Waals surface area contributed by atoms with Gasteiger partial charge in [-0.3, -0.25) is 10.1 Å². The third-order valence-corrected chi connectivity index (χ3v) is 7.75. The number of hydrogen-bond donors (Lipinski definition) is 2. The topological polar surface area (TPSA) is 66.0 Å². The molecule has 1 amide bonds. The van der Waals surface area contributed by atoms with Gasteiger partial charge in [-0.2, -0.15) is 0 Å². The number of alkyl halides is 3. The number of halogens is 3. The Morgan fingerprint density at radius 3 is 2.34 bits per heavy atom. The van der Waals surface area contributed by atoms with Crippen molar-refractivity contribution in [3.05, 3.63) is 70.4 Å². The number of nitrogens with one attached hydrogen (secondary N) is 2. The predicted octanol–water partition coefficient (Wildman–Crippen LogP) is 7.24. The number of carbonyl (C=O) groups excluding carboxylic acids is 1. The number of likely N-dealkylation sites (tertiary alicyclic amines) is 1. The summed E-state index contributed by atoms with van der Waals surface area (Å²) in [6, 6.07) is 10.4. The van der Waals surface area contributed by atoms with Gasteiger partial charge in [-0.1, -0.05) is 44.2 Å². The van der Waals surface area contributed by atoms with Crippen LogP contribution in [0.15, 0.2) is 47.6 Å². The molecule has 1 saturated heterocycles. The number of aryl methyl sites for hydroxylation is 2. The lowest BCUT2D eigenvalue weighted by molar-refractivity contribution is -0.275. The van der Waals surface area contributed by atoms with Crippen LogP contribution >= 0.6 is 0 Å². The van der Waals surface area contributed by atoms with E-state index in [2.05, 4.69) is 73.9 Å². The summed E-state index contributed by atoms with van der Waals surface area (Å²) in [6.07, 6.45) is -2.52. The highest BCUT2D eigenvalue weighted by molar-refractivity contribution is 5.83. The minimum atomic E-state index is -4.83. The van der Waals surface area contributed by atoms with Crippen LogP contribution in [-0.4, -0.2) is 42.6 Å². The minimum absolute atomic E-state index is 0.0691. The first-order chi connectivity index (χ1) is 19.2. The first-order valence-electron chi connectivity index (χ1n) is 14.1. The zero-order valence-corrected chi connectivity index (χ0v) is 25.3. The molecule has 1 heterocycles. The third-order valence-electron chi connectivity index (χ3n) is 7.75. The fourth-order valence-corrected chi connectivity index (χ4v) is 5.67. The average molecular weight is 573 g/mol. The molecule has 0 spiro atoms. The van der Waals surface area contributed by atoms with Crippen molar-refractivity contribution >= 4 is 17.3 Å². The van der Waals surface area contributed by atoms with Crippen LogP contribution in [0, 0.1) is 19.8 Å². The summed E-state index contributed by atoms with van der Waals surface area (Å²) in [7, 11) is 1.58. The lowest BCUT2D eigenvalue weighted by atomic mass is 9.90. The fourth-order valence-electron chi connectivity index (χ4n) is 5.67. The van der Waals surface area contributed by atoms with Crippen molar-refractivity contribution < 1.29 is 22.7 Å². The van der Waals surface area contributed by atoms with E-state index in [1.54, 1.807) is 13.1 Å². The van der Waals surface area contributed by atoms with Crippen LogP contribution in [0.3, 0.4) is 0 Å². The predicted molar refractivity (Wildman–Crippen MR) is 159 cm³/mol. The van der Waals surface area contributed by atoms with Gasteiger partial charge in [0.15, 0.2) is 0 Å². The van der Waals surface area contributed by atoms with Crippen molar-refractivity contribution in [2.24, 2.45) is 10.9 Å². The first kappa shape index (κ1) is 32.2. The number of benzene rings is 2. The maximum Gasteiger partial charge on any atom is 0.573 e. The summed E-state index contributed by atoms with van der Waals surface area (Å²) < 4.78 is 42.9. The van der Waals surface area contributed by atoms with Gasteiger partial charge in [-0.05, 0) is 94.3 Å². The molecule has 1 aliphatic rings. The van der Waals surface area contributed by atoms with Crippen molar-refractivity contribution in [1.29, 1.82) is 0 Å². The molecule has 2 aromatic carbocycles. The number of amidine groups is 1. The SMILES string of the molecule is CNC(NC(=O)[C@H]1CCN(C(C)=N/C=C(\C)c2c(C)cc(C(C)C)cc2C)[C@@H](C)C1)c1ccccc1OC(F)(F)F. The Hall–Kier alpha value is -3.33.